The first kappa shape index (κ1) is 31.1. The number of primary sulfonamides is 1. The van der Waals surface area contributed by atoms with Gasteiger partial charge in [0.05, 0.1) is 4.90 Å². The maximum atomic E-state index is 12.2. The predicted molar refractivity (Wildman–Crippen MR) is 150 cm³/mol. The molecule has 10 nitrogen and oxygen atoms in total. The average Bonchev–Trinajstić information content (AvgIpc) is 2.91. The Kier molecular flexibility index (Phi) is 10.5. The number of nitrogens with two attached hydrogens (primary N) is 1. The second-order valence-electron chi connectivity index (χ2n) is 7.98. The molecule has 0 unspecified atom stereocenters. The van der Waals surface area contributed by atoms with E-state index in [1.54, 1.807) is 54.7 Å². The van der Waals surface area contributed by atoms with Crippen LogP contribution >= 0.6 is 11.6 Å². The smallest absolute Gasteiger partial charge is 0.406 e. The summed E-state index contributed by atoms with van der Waals surface area (Å²) in [6, 6.07) is 20.9. The highest BCUT2D eigenvalue weighted by Gasteiger charge is 2.31. The number of hydrogen-bond donors (Lipinski definition) is 3. The van der Waals surface area contributed by atoms with Gasteiger partial charge in [0.2, 0.25) is 15.3 Å². The van der Waals surface area contributed by atoms with Crippen molar-refractivity contribution in [3.63, 3.8) is 0 Å². The van der Waals surface area contributed by atoms with Crippen molar-refractivity contribution in [1.29, 1.82) is 0 Å². The molecule has 41 heavy (non-hydrogen) atoms. The molecule has 3 aromatic carbocycles. The topological polar surface area (TPSA) is 140 Å². The molecule has 0 bridgehead atoms. The summed E-state index contributed by atoms with van der Waals surface area (Å²) >= 11 is 5.86. The number of anilines is 4. The largest absolute Gasteiger partial charge is 0.573 e. The molecule has 4 rings (SSSR count). The first-order valence-corrected chi connectivity index (χ1v) is 13.6. The average molecular weight is 609 g/mol. The molecule has 1 heterocycles. The second kappa shape index (κ2) is 13.8. The van der Waals surface area contributed by atoms with Crippen LogP contribution < -0.4 is 25.4 Å². The highest BCUT2D eigenvalue weighted by Crippen LogP contribution is 2.26. The van der Waals surface area contributed by atoms with Gasteiger partial charge in [-0.2, -0.15) is 0 Å². The fourth-order valence-electron chi connectivity index (χ4n) is 3.32. The van der Waals surface area contributed by atoms with Crippen molar-refractivity contribution >= 4 is 50.5 Å². The Balaban J connectivity index is 0.000000389. The number of ether oxygens (including phenoxy) is 1. The number of carbonyl (C=O) groups excluding carboxylic acids is 1. The van der Waals surface area contributed by atoms with Crippen LogP contribution in [0.4, 0.5) is 40.8 Å². The summed E-state index contributed by atoms with van der Waals surface area (Å²) in [5.41, 5.74) is 1.67. The maximum absolute atomic E-state index is 12.2. The van der Waals surface area contributed by atoms with Gasteiger partial charge in [0.25, 0.3) is 0 Å². The fraction of sp³-hybridized carbons (Fsp3) is 0.115. The number of rotatable bonds is 7. The van der Waals surface area contributed by atoms with Crippen molar-refractivity contribution in [2.24, 2.45) is 5.14 Å². The van der Waals surface area contributed by atoms with Gasteiger partial charge in [-0.15, -0.1) is 13.2 Å². The molecule has 0 aliphatic carbocycles. The predicted octanol–water partition coefficient (Wildman–Crippen LogP) is 6.16. The van der Waals surface area contributed by atoms with Gasteiger partial charge in [0.1, 0.15) is 11.6 Å². The molecule has 4 N–H and O–H groups in total. The lowest BCUT2D eigenvalue weighted by Crippen LogP contribution is -2.20. The fourth-order valence-corrected chi connectivity index (χ4v) is 4.00. The van der Waals surface area contributed by atoms with Crippen LogP contribution in [0.2, 0.25) is 5.28 Å². The third-order valence-corrected chi connectivity index (χ3v) is 6.17. The summed E-state index contributed by atoms with van der Waals surface area (Å²) in [5, 5.41) is 10.2. The SMILES string of the molecule is CCN(c1ccc(NC(=O)Nc2ccc(OC(F)(F)F)cc2)cc1)c1ccnc(Cl)n1.NS(=O)(=O)c1ccccc1. The van der Waals surface area contributed by atoms with Crippen molar-refractivity contribution in [1.82, 2.24) is 9.97 Å². The van der Waals surface area contributed by atoms with Gasteiger partial charge >= 0.3 is 12.4 Å². The minimum Gasteiger partial charge on any atom is -0.406 e. The Morgan fingerprint density at radius 2 is 1.51 bits per heavy atom. The van der Waals surface area contributed by atoms with E-state index >= 15 is 0 Å². The van der Waals surface area contributed by atoms with Gasteiger partial charge < -0.3 is 20.3 Å². The van der Waals surface area contributed by atoms with Gasteiger partial charge in [-0.05, 0) is 85.3 Å². The highest BCUT2D eigenvalue weighted by atomic mass is 35.5. The maximum Gasteiger partial charge on any atom is 0.573 e. The lowest BCUT2D eigenvalue weighted by Gasteiger charge is -2.22. The van der Waals surface area contributed by atoms with Gasteiger partial charge in [0, 0.05) is 29.8 Å². The van der Waals surface area contributed by atoms with Crippen molar-refractivity contribution in [2.45, 2.75) is 18.2 Å². The van der Waals surface area contributed by atoms with Crippen LogP contribution in [0, 0.1) is 0 Å². The number of sulfonamides is 1. The van der Waals surface area contributed by atoms with E-state index in [0.29, 0.717) is 23.7 Å². The first-order valence-electron chi connectivity index (χ1n) is 11.7. The first-order chi connectivity index (χ1) is 19.3. The molecule has 216 valence electrons. The van der Waals surface area contributed by atoms with Crippen LogP contribution in [0.15, 0.2) is 96.0 Å². The summed E-state index contributed by atoms with van der Waals surface area (Å²) in [6.07, 6.45) is -3.21. The highest BCUT2D eigenvalue weighted by molar-refractivity contribution is 7.89. The Bertz CT molecular complexity index is 1540. The molecule has 0 aliphatic rings. The van der Waals surface area contributed by atoms with Crippen LogP contribution in [-0.2, 0) is 10.0 Å². The van der Waals surface area contributed by atoms with E-state index in [-0.39, 0.29) is 15.9 Å². The van der Waals surface area contributed by atoms with Crippen molar-refractivity contribution in [2.75, 3.05) is 22.1 Å². The molecule has 15 heteroatoms. The number of nitrogens with one attached hydrogen (secondary N) is 2. The van der Waals surface area contributed by atoms with Crippen molar-refractivity contribution in [3.8, 4) is 5.75 Å². The Labute approximate surface area is 239 Å². The number of nitrogens with zero attached hydrogens (tertiary/aromatic N) is 3. The molecular weight excluding hydrogens is 585 g/mol. The van der Waals surface area contributed by atoms with Crippen LogP contribution in [0.5, 0.6) is 5.75 Å². The molecular formula is C26H24ClF3N6O4S. The Morgan fingerprint density at radius 3 is 1.98 bits per heavy atom. The van der Waals surface area contributed by atoms with Gasteiger partial charge in [0.15, 0.2) is 0 Å². The van der Waals surface area contributed by atoms with E-state index in [2.05, 4.69) is 25.3 Å². The third-order valence-electron chi connectivity index (χ3n) is 5.06. The molecule has 0 fully saturated rings. The zero-order valence-electron chi connectivity index (χ0n) is 21.3. The van der Waals surface area contributed by atoms with Crippen molar-refractivity contribution < 1.29 is 31.1 Å². The van der Waals surface area contributed by atoms with Crippen molar-refractivity contribution in [3.05, 3.63) is 96.4 Å². The zero-order chi connectivity index (χ0) is 30.0. The third kappa shape index (κ3) is 10.3. The molecule has 0 radical (unpaired) electrons. The van der Waals surface area contributed by atoms with E-state index in [1.807, 2.05) is 11.8 Å². The molecule has 2 amide bonds. The number of aromatic nitrogens is 2. The van der Waals surface area contributed by atoms with E-state index in [1.165, 1.54) is 24.3 Å². The summed E-state index contributed by atoms with van der Waals surface area (Å²) in [4.78, 5) is 22.3. The monoisotopic (exact) mass is 608 g/mol. The van der Waals surface area contributed by atoms with Crippen LogP contribution in [0.1, 0.15) is 6.92 Å². The normalized spacial score (nSPS) is 11.1. The number of urea groups is 1. The Hall–Kier alpha value is -4.40. The second-order valence-corrected chi connectivity index (χ2v) is 9.88. The van der Waals surface area contributed by atoms with E-state index < -0.39 is 22.4 Å². The van der Waals surface area contributed by atoms with Gasteiger partial charge in [-0.25, -0.2) is 28.3 Å². The van der Waals surface area contributed by atoms with E-state index in [0.717, 1.165) is 17.8 Å². The van der Waals surface area contributed by atoms with Gasteiger partial charge in [-0.1, -0.05) is 18.2 Å². The van der Waals surface area contributed by atoms with E-state index in [4.69, 9.17) is 16.7 Å². The molecule has 0 atom stereocenters. The van der Waals surface area contributed by atoms with Crippen LogP contribution in [0.25, 0.3) is 0 Å². The lowest BCUT2D eigenvalue weighted by atomic mass is 10.2. The zero-order valence-corrected chi connectivity index (χ0v) is 22.9. The number of amides is 2. The Morgan fingerprint density at radius 1 is 0.951 bits per heavy atom. The van der Waals surface area contributed by atoms with Gasteiger partial charge in [-0.3, -0.25) is 0 Å². The molecule has 0 aliphatic heterocycles. The molecule has 1 aromatic heterocycles. The summed E-state index contributed by atoms with van der Waals surface area (Å²) in [7, 11) is -3.50. The molecule has 0 saturated carbocycles. The number of benzene rings is 3. The van der Waals surface area contributed by atoms with Crippen LogP contribution in [-0.4, -0.2) is 37.3 Å². The quantitative estimate of drug-likeness (QED) is 0.213. The minimum absolute atomic E-state index is 0.143. The summed E-state index contributed by atoms with van der Waals surface area (Å²) < 4.78 is 61.6. The molecule has 0 saturated heterocycles. The molecule has 4 aromatic rings. The minimum atomic E-state index is -4.77. The molecule has 0 spiro atoms. The number of alkyl halides is 3. The standard InChI is InChI=1S/C20H17ClF3N5O2.C6H7NO2S/c1-2-29(17-11-12-25-18(21)28-17)15-7-3-13(4-8-15)26-19(30)27-14-5-9-16(10-6-14)31-20(22,23)24;7-10(8,9)6-4-2-1-3-5-6/h3-12H,2H2,1H3,(H2,26,27,30);1-5H,(H2,7,8,9). The lowest BCUT2D eigenvalue weighted by molar-refractivity contribution is -0.274. The number of carbonyl (C=O) groups is 1. The number of hydrogen-bond acceptors (Lipinski definition) is 7. The van der Waals surface area contributed by atoms with E-state index in [9.17, 15) is 26.4 Å². The summed E-state index contributed by atoms with van der Waals surface area (Å²) in [5.74, 6) is 0.262. The van der Waals surface area contributed by atoms with Crippen LogP contribution in [0.3, 0.4) is 0 Å². The number of halogens is 4. The summed E-state index contributed by atoms with van der Waals surface area (Å²) in [6.45, 7) is 2.59.